The molecular weight excluding hydrogens is 168 g/mol. The fourth-order valence-corrected chi connectivity index (χ4v) is 0.790. The van der Waals surface area contributed by atoms with Gasteiger partial charge in [0.2, 0.25) is 5.56 Å². The number of nitrogens with one attached hydrogen (secondary N) is 1. The minimum Gasteiger partial charge on any atom is -0.319 e. The first-order valence-corrected chi connectivity index (χ1v) is 3.11. The molecule has 0 saturated heterocycles. The molecule has 12 heavy (non-hydrogen) atoms. The van der Waals surface area contributed by atoms with Crippen molar-refractivity contribution in [3.8, 4) is 0 Å². The van der Waals surface area contributed by atoms with Crippen molar-refractivity contribution < 1.29 is 13.6 Å². The standard InChI is InChI=1S/C7H5F2NO2/c8-7(9)4-1-2-6(12)10-5(4)3-11/h1-3,7H,(H,10,12). The van der Waals surface area contributed by atoms with E-state index < -0.39 is 17.5 Å². The van der Waals surface area contributed by atoms with Gasteiger partial charge >= 0.3 is 0 Å². The highest BCUT2D eigenvalue weighted by molar-refractivity contribution is 5.74. The van der Waals surface area contributed by atoms with Crippen LogP contribution in [-0.4, -0.2) is 11.3 Å². The molecule has 0 saturated carbocycles. The van der Waals surface area contributed by atoms with Crippen molar-refractivity contribution in [2.75, 3.05) is 0 Å². The average molecular weight is 173 g/mol. The molecule has 0 amide bonds. The number of hydrogen-bond donors (Lipinski definition) is 1. The molecule has 1 aromatic heterocycles. The normalized spacial score (nSPS) is 10.2. The van der Waals surface area contributed by atoms with Crippen LogP contribution in [0.5, 0.6) is 0 Å². The number of carbonyl (C=O) groups is 1. The maximum absolute atomic E-state index is 12.1. The third kappa shape index (κ3) is 1.55. The predicted octanol–water partition coefficient (Wildman–Crippen LogP) is 1.12. The van der Waals surface area contributed by atoms with Crippen LogP contribution < -0.4 is 5.56 Å². The summed E-state index contributed by atoms with van der Waals surface area (Å²) >= 11 is 0. The van der Waals surface area contributed by atoms with Gasteiger partial charge in [0.1, 0.15) is 0 Å². The van der Waals surface area contributed by atoms with Gasteiger partial charge in [-0.3, -0.25) is 9.59 Å². The molecule has 0 fully saturated rings. The molecule has 0 radical (unpaired) electrons. The lowest BCUT2D eigenvalue weighted by molar-refractivity contribution is 0.110. The number of aromatic amines is 1. The molecule has 0 bridgehead atoms. The first-order chi connectivity index (χ1) is 5.65. The number of pyridine rings is 1. The molecule has 0 aliphatic heterocycles. The average Bonchev–Trinajstić information content (AvgIpc) is 2.03. The number of carbonyl (C=O) groups excluding carboxylic acids is 1. The van der Waals surface area contributed by atoms with E-state index in [1.54, 1.807) is 0 Å². The van der Waals surface area contributed by atoms with Crippen molar-refractivity contribution in [2.24, 2.45) is 0 Å². The van der Waals surface area contributed by atoms with E-state index in [0.717, 1.165) is 12.1 Å². The zero-order valence-corrected chi connectivity index (χ0v) is 5.88. The molecule has 0 aliphatic carbocycles. The van der Waals surface area contributed by atoms with E-state index in [1.165, 1.54) is 0 Å². The second-order valence-corrected chi connectivity index (χ2v) is 2.11. The Kier molecular flexibility index (Phi) is 2.32. The largest absolute Gasteiger partial charge is 0.319 e. The van der Waals surface area contributed by atoms with Crippen LogP contribution in [0.2, 0.25) is 0 Å². The summed E-state index contributed by atoms with van der Waals surface area (Å²) in [4.78, 5) is 22.7. The summed E-state index contributed by atoms with van der Waals surface area (Å²) in [6.07, 6.45) is -2.55. The van der Waals surface area contributed by atoms with Gasteiger partial charge in [-0.25, -0.2) is 8.78 Å². The number of hydrogen-bond acceptors (Lipinski definition) is 2. The van der Waals surface area contributed by atoms with E-state index >= 15 is 0 Å². The van der Waals surface area contributed by atoms with Crippen LogP contribution in [-0.2, 0) is 0 Å². The van der Waals surface area contributed by atoms with E-state index in [1.807, 2.05) is 4.98 Å². The summed E-state index contributed by atoms with van der Waals surface area (Å²) in [5.41, 5.74) is -1.39. The maximum Gasteiger partial charge on any atom is 0.265 e. The second-order valence-electron chi connectivity index (χ2n) is 2.11. The first-order valence-electron chi connectivity index (χ1n) is 3.11. The van der Waals surface area contributed by atoms with Crippen molar-refractivity contribution >= 4 is 6.29 Å². The van der Waals surface area contributed by atoms with Crippen molar-refractivity contribution in [1.29, 1.82) is 0 Å². The lowest BCUT2D eigenvalue weighted by Gasteiger charge is -2.00. The van der Waals surface area contributed by atoms with Crippen LogP contribution in [0.3, 0.4) is 0 Å². The highest BCUT2D eigenvalue weighted by atomic mass is 19.3. The molecule has 0 atom stereocenters. The first kappa shape index (κ1) is 8.58. The highest BCUT2D eigenvalue weighted by Gasteiger charge is 2.12. The third-order valence-electron chi connectivity index (χ3n) is 1.34. The fourth-order valence-electron chi connectivity index (χ4n) is 0.790. The Morgan fingerprint density at radius 2 is 2.08 bits per heavy atom. The summed E-state index contributed by atoms with van der Waals surface area (Å²) in [5, 5.41) is 0. The Bertz CT molecular complexity index is 346. The Morgan fingerprint density at radius 3 is 2.58 bits per heavy atom. The van der Waals surface area contributed by atoms with Crippen molar-refractivity contribution in [3.63, 3.8) is 0 Å². The summed E-state index contributed by atoms with van der Waals surface area (Å²) in [6, 6.07) is 1.89. The van der Waals surface area contributed by atoms with Crippen LogP contribution in [0, 0.1) is 0 Å². The topological polar surface area (TPSA) is 49.9 Å². The monoisotopic (exact) mass is 173 g/mol. The molecule has 5 heteroatoms. The molecule has 0 aromatic carbocycles. The number of H-pyrrole nitrogens is 1. The fraction of sp³-hybridized carbons (Fsp3) is 0.143. The molecule has 0 spiro atoms. The van der Waals surface area contributed by atoms with Gasteiger partial charge in [-0.2, -0.15) is 0 Å². The smallest absolute Gasteiger partial charge is 0.265 e. The Morgan fingerprint density at radius 1 is 1.42 bits per heavy atom. The van der Waals surface area contributed by atoms with Crippen LogP contribution in [0.15, 0.2) is 16.9 Å². The zero-order chi connectivity index (χ0) is 9.14. The Labute approximate surface area is 66.0 Å². The molecule has 1 heterocycles. The van der Waals surface area contributed by atoms with Gasteiger partial charge in [-0.1, -0.05) is 0 Å². The van der Waals surface area contributed by atoms with Gasteiger partial charge in [-0.05, 0) is 6.07 Å². The van der Waals surface area contributed by atoms with Crippen LogP contribution in [0.1, 0.15) is 22.5 Å². The summed E-state index contributed by atoms with van der Waals surface area (Å²) in [6.45, 7) is 0. The molecular formula is C7H5F2NO2. The van der Waals surface area contributed by atoms with E-state index in [0.29, 0.717) is 0 Å². The molecule has 1 rings (SSSR count). The third-order valence-corrected chi connectivity index (χ3v) is 1.34. The van der Waals surface area contributed by atoms with Gasteiger partial charge in [0.25, 0.3) is 6.43 Å². The highest BCUT2D eigenvalue weighted by Crippen LogP contribution is 2.18. The van der Waals surface area contributed by atoms with E-state index in [9.17, 15) is 18.4 Å². The molecule has 3 nitrogen and oxygen atoms in total. The lowest BCUT2D eigenvalue weighted by Crippen LogP contribution is -2.09. The van der Waals surface area contributed by atoms with Crippen LogP contribution >= 0.6 is 0 Å². The quantitative estimate of drug-likeness (QED) is 0.681. The molecule has 1 aromatic rings. The molecule has 0 unspecified atom stereocenters. The summed E-state index contributed by atoms with van der Waals surface area (Å²) < 4.78 is 24.1. The molecule has 0 aliphatic rings. The van der Waals surface area contributed by atoms with E-state index in [2.05, 4.69) is 0 Å². The van der Waals surface area contributed by atoms with Gasteiger partial charge in [0, 0.05) is 11.6 Å². The van der Waals surface area contributed by atoms with Crippen molar-refractivity contribution in [3.05, 3.63) is 33.7 Å². The molecule has 1 N–H and O–H groups in total. The van der Waals surface area contributed by atoms with Gasteiger partial charge in [0.05, 0.1) is 5.69 Å². The zero-order valence-electron chi connectivity index (χ0n) is 5.88. The predicted molar refractivity (Wildman–Crippen MR) is 37.4 cm³/mol. The van der Waals surface area contributed by atoms with Crippen molar-refractivity contribution in [2.45, 2.75) is 6.43 Å². The number of aromatic nitrogens is 1. The minimum atomic E-state index is -2.75. The maximum atomic E-state index is 12.1. The van der Waals surface area contributed by atoms with E-state index in [-0.39, 0.29) is 12.0 Å². The van der Waals surface area contributed by atoms with Gasteiger partial charge in [0.15, 0.2) is 6.29 Å². The second kappa shape index (κ2) is 3.25. The Hall–Kier alpha value is -1.52. The minimum absolute atomic E-state index is 0.197. The SMILES string of the molecule is O=Cc1[nH]c(=O)ccc1C(F)F. The summed E-state index contributed by atoms with van der Waals surface area (Å²) in [7, 11) is 0. The number of rotatable bonds is 2. The van der Waals surface area contributed by atoms with Gasteiger partial charge in [-0.15, -0.1) is 0 Å². The van der Waals surface area contributed by atoms with Crippen LogP contribution in [0.4, 0.5) is 8.78 Å². The lowest BCUT2D eigenvalue weighted by atomic mass is 10.2. The van der Waals surface area contributed by atoms with Gasteiger partial charge < -0.3 is 4.98 Å². The number of alkyl halides is 2. The number of halogens is 2. The Balaban J connectivity index is 3.29. The van der Waals surface area contributed by atoms with Crippen LogP contribution in [0.25, 0.3) is 0 Å². The van der Waals surface area contributed by atoms with Crippen molar-refractivity contribution in [1.82, 2.24) is 4.98 Å². The van der Waals surface area contributed by atoms with E-state index in [4.69, 9.17) is 0 Å². The summed E-state index contributed by atoms with van der Waals surface area (Å²) in [5.74, 6) is 0. The molecule has 64 valence electrons. The number of aldehydes is 1.